The molecule has 0 fully saturated rings. The highest BCUT2D eigenvalue weighted by molar-refractivity contribution is 4.90. The molecule has 0 spiro atoms. The van der Waals surface area contributed by atoms with Gasteiger partial charge < -0.3 is 9.47 Å². The zero-order chi connectivity index (χ0) is 6.95. The van der Waals surface area contributed by atoms with Crippen molar-refractivity contribution in [2.45, 2.75) is 13.3 Å². The first-order valence-corrected chi connectivity index (χ1v) is 3.00. The van der Waals surface area contributed by atoms with Crippen molar-refractivity contribution in [3.63, 3.8) is 0 Å². The zero-order valence-corrected chi connectivity index (χ0v) is 5.94. The number of rotatable bonds is 3. The van der Waals surface area contributed by atoms with Crippen molar-refractivity contribution in [2.24, 2.45) is 0 Å². The molecule has 52 valence electrons. The van der Waals surface area contributed by atoms with Crippen LogP contribution in [-0.2, 0) is 9.47 Å². The standard InChI is InChI=1S/C7H12O2/c1-3-9-7-5-4-6-8-2/h3-4,6H2,1-2H3. The topological polar surface area (TPSA) is 18.5 Å². The fourth-order valence-corrected chi connectivity index (χ4v) is 0.327. The molecular formula is C7H12O2. The summed E-state index contributed by atoms with van der Waals surface area (Å²) >= 11 is 0. The summed E-state index contributed by atoms with van der Waals surface area (Å²) < 4.78 is 9.53. The van der Waals surface area contributed by atoms with Crippen LogP contribution < -0.4 is 0 Å². The number of methoxy groups -OCH3 is 1. The van der Waals surface area contributed by atoms with Crippen molar-refractivity contribution in [1.82, 2.24) is 0 Å². The summed E-state index contributed by atoms with van der Waals surface area (Å²) in [7, 11) is 1.66. The first-order chi connectivity index (χ1) is 4.41. The lowest BCUT2D eigenvalue weighted by Crippen LogP contribution is -1.84. The minimum atomic E-state index is 0.653. The van der Waals surface area contributed by atoms with Crippen molar-refractivity contribution >= 4 is 0 Å². The predicted molar refractivity (Wildman–Crippen MR) is 35.9 cm³/mol. The molecular weight excluding hydrogens is 116 g/mol. The van der Waals surface area contributed by atoms with Crippen LogP contribution in [0, 0.1) is 12.0 Å². The molecule has 2 heteroatoms. The summed E-state index contributed by atoms with van der Waals surface area (Å²) in [5.41, 5.74) is 0. The lowest BCUT2D eigenvalue weighted by atomic mass is 10.5. The molecule has 0 aromatic heterocycles. The van der Waals surface area contributed by atoms with Crippen LogP contribution in [0.15, 0.2) is 0 Å². The van der Waals surface area contributed by atoms with Crippen molar-refractivity contribution in [2.75, 3.05) is 20.3 Å². The van der Waals surface area contributed by atoms with Gasteiger partial charge in [-0.05, 0) is 6.92 Å². The summed E-state index contributed by atoms with van der Waals surface area (Å²) in [6.07, 6.45) is 3.29. The van der Waals surface area contributed by atoms with Crippen LogP contribution in [0.1, 0.15) is 13.3 Å². The number of hydrogen-bond acceptors (Lipinski definition) is 2. The molecule has 0 rings (SSSR count). The second-order valence-corrected chi connectivity index (χ2v) is 1.45. The molecule has 0 radical (unpaired) electrons. The maximum absolute atomic E-state index is 4.76. The van der Waals surface area contributed by atoms with Crippen molar-refractivity contribution in [3.05, 3.63) is 0 Å². The second-order valence-electron chi connectivity index (χ2n) is 1.45. The van der Waals surface area contributed by atoms with Gasteiger partial charge in [0.05, 0.1) is 13.2 Å². The quantitative estimate of drug-likeness (QED) is 0.417. The minimum Gasteiger partial charge on any atom is -0.447 e. The fourth-order valence-electron chi connectivity index (χ4n) is 0.327. The summed E-state index contributed by atoms with van der Waals surface area (Å²) in [5, 5.41) is 0. The van der Waals surface area contributed by atoms with E-state index in [1.54, 1.807) is 7.11 Å². The van der Waals surface area contributed by atoms with Gasteiger partial charge in [-0.3, -0.25) is 0 Å². The third-order valence-electron chi connectivity index (χ3n) is 0.720. The third-order valence-corrected chi connectivity index (χ3v) is 0.720. The van der Waals surface area contributed by atoms with Crippen LogP contribution in [-0.4, -0.2) is 20.3 Å². The largest absolute Gasteiger partial charge is 0.447 e. The van der Waals surface area contributed by atoms with E-state index in [1.807, 2.05) is 6.92 Å². The molecule has 0 bridgehead atoms. The Morgan fingerprint density at radius 2 is 2.22 bits per heavy atom. The average Bonchev–Trinajstić information content (AvgIpc) is 1.89. The van der Waals surface area contributed by atoms with Gasteiger partial charge >= 0.3 is 0 Å². The molecule has 0 aromatic carbocycles. The zero-order valence-electron chi connectivity index (χ0n) is 5.94. The van der Waals surface area contributed by atoms with Crippen LogP contribution in [0.5, 0.6) is 0 Å². The molecule has 0 aliphatic carbocycles. The van der Waals surface area contributed by atoms with Crippen LogP contribution >= 0.6 is 0 Å². The van der Waals surface area contributed by atoms with Crippen molar-refractivity contribution in [1.29, 1.82) is 0 Å². The molecule has 2 nitrogen and oxygen atoms in total. The Bertz CT molecular complexity index is 99.2. The van der Waals surface area contributed by atoms with E-state index in [4.69, 9.17) is 9.47 Å². The Morgan fingerprint density at radius 1 is 1.44 bits per heavy atom. The highest BCUT2D eigenvalue weighted by Crippen LogP contribution is 1.75. The Hall–Kier alpha value is -0.680. The summed E-state index contributed by atoms with van der Waals surface area (Å²) in [6, 6.07) is 0. The predicted octanol–water partition coefficient (Wildman–Crippen LogP) is 1.02. The second kappa shape index (κ2) is 7.32. The Kier molecular flexibility index (Phi) is 6.77. The summed E-state index contributed by atoms with van der Waals surface area (Å²) in [6.45, 7) is 3.24. The van der Waals surface area contributed by atoms with Gasteiger partial charge in [-0.25, -0.2) is 0 Å². The molecule has 0 heterocycles. The fraction of sp³-hybridized carbons (Fsp3) is 0.714. The normalized spacial score (nSPS) is 7.78. The smallest absolute Gasteiger partial charge is 0.110 e. The van der Waals surface area contributed by atoms with Gasteiger partial charge in [0.25, 0.3) is 0 Å². The van der Waals surface area contributed by atoms with E-state index in [9.17, 15) is 0 Å². The van der Waals surface area contributed by atoms with Crippen LogP contribution in [0.25, 0.3) is 0 Å². The molecule has 0 aliphatic rings. The monoisotopic (exact) mass is 128 g/mol. The van der Waals surface area contributed by atoms with Crippen LogP contribution in [0.2, 0.25) is 0 Å². The highest BCUT2D eigenvalue weighted by atomic mass is 16.5. The van der Waals surface area contributed by atoms with Crippen molar-refractivity contribution < 1.29 is 9.47 Å². The molecule has 0 atom stereocenters. The minimum absolute atomic E-state index is 0.653. The van der Waals surface area contributed by atoms with E-state index in [1.165, 1.54) is 0 Å². The summed E-state index contributed by atoms with van der Waals surface area (Å²) in [4.78, 5) is 0. The van der Waals surface area contributed by atoms with Gasteiger partial charge in [-0.1, -0.05) is 5.92 Å². The van der Waals surface area contributed by atoms with E-state index in [2.05, 4.69) is 12.0 Å². The highest BCUT2D eigenvalue weighted by Gasteiger charge is 1.74. The molecule has 0 N–H and O–H groups in total. The van der Waals surface area contributed by atoms with Crippen LogP contribution in [0.3, 0.4) is 0 Å². The molecule has 0 saturated carbocycles. The van der Waals surface area contributed by atoms with E-state index in [0.29, 0.717) is 13.2 Å². The Labute approximate surface area is 56.2 Å². The lowest BCUT2D eigenvalue weighted by Gasteiger charge is -1.87. The Morgan fingerprint density at radius 3 is 2.78 bits per heavy atom. The molecule has 0 aliphatic heterocycles. The van der Waals surface area contributed by atoms with Gasteiger partial charge in [0.1, 0.15) is 6.11 Å². The maximum Gasteiger partial charge on any atom is 0.110 e. The Balaban J connectivity index is 2.96. The van der Waals surface area contributed by atoms with E-state index in [-0.39, 0.29) is 0 Å². The third kappa shape index (κ3) is 7.32. The van der Waals surface area contributed by atoms with Crippen LogP contribution in [0.4, 0.5) is 0 Å². The maximum atomic E-state index is 4.76. The van der Waals surface area contributed by atoms with Gasteiger partial charge in [0, 0.05) is 13.5 Å². The summed E-state index contributed by atoms with van der Waals surface area (Å²) in [5.74, 6) is 2.79. The van der Waals surface area contributed by atoms with Gasteiger partial charge in [-0.2, -0.15) is 0 Å². The molecule has 0 saturated heterocycles. The molecule has 0 unspecified atom stereocenters. The molecule has 9 heavy (non-hydrogen) atoms. The van der Waals surface area contributed by atoms with Gasteiger partial charge in [0.15, 0.2) is 0 Å². The lowest BCUT2D eigenvalue weighted by molar-refractivity contribution is 0.205. The first kappa shape index (κ1) is 8.32. The van der Waals surface area contributed by atoms with E-state index >= 15 is 0 Å². The first-order valence-electron chi connectivity index (χ1n) is 3.00. The van der Waals surface area contributed by atoms with Gasteiger partial charge in [0.2, 0.25) is 0 Å². The van der Waals surface area contributed by atoms with Gasteiger partial charge in [-0.15, -0.1) is 0 Å². The van der Waals surface area contributed by atoms with E-state index < -0.39 is 0 Å². The molecule has 0 aromatic rings. The van der Waals surface area contributed by atoms with Crippen molar-refractivity contribution in [3.8, 4) is 12.0 Å². The average molecular weight is 128 g/mol. The van der Waals surface area contributed by atoms with E-state index in [0.717, 1.165) is 6.42 Å². The SMILES string of the molecule is CCOC#CCCOC. The number of ether oxygens (including phenoxy) is 2. The molecule has 0 amide bonds. The number of hydrogen-bond donors (Lipinski definition) is 0.